The summed E-state index contributed by atoms with van der Waals surface area (Å²) in [5.74, 6) is 0.630. The van der Waals surface area contributed by atoms with Crippen LogP contribution in [-0.4, -0.2) is 23.2 Å². The zero-order valence-corrected chi connectivity index (χ0v) is 16.7. The van der Waals surface area contributed by atoms with E-state index in [1.807, 2.05) is 44.1 Å². The number of nitriles is 1. The Kier molecular flexibility index (Phi) is 4.84. The van der Waals surface area contributed by atoms with E-state index in [0.29, 0.717) is 11.3 Å². The Morgan fingerprint density at radius 3 is 2.89 bits per heavy atom. The summed E-state index contributed by atoms with van der Waals surface area (Å²) >= 11 is 1.76. The van der Waals surface area contributed by atoms with Crippen molar-refractivity contribution < 1.29 is 4.74 Å². The Bertz CT molecular complexity index is 945. The summed E-state index contributed by atoms with van der Waals surface area (Å²) in [6.45, 7) is 3.92. The molecule has 1 aliphatic carbocycles. The zero-order valence-electron chi connectivity index (χ0n) is 15.9. The number of ether oxygens (including phenoxy) is 1. The van der Waals surface area contributed by atoms with Gasteiger partial charge in [0.1, 0.15) is 22.2 Å². The van der Waals surface area contributed by atoms with Crippen LogP contribution in [0, 0.1) is 11.3 Å². The molecule has 0 aromatic heterocycles. The Hall–Kier alpha value is -2.45. The average Bonchev–Trinajstić information content (AvgIpc) is 3.28. The van der Waals surface area contributed by atoms with Gasteiger partial charge < -0.3 is 4.74 Å². The molecule has 4 rings (SSSR count). The van der Waals surface area contributed by atoms with Crippen molar-refractivity contribution in [3.63, 3.8) is 0 Å². The van der Waals surface area contributed by atoms with E-state index >= 15 is 0 Å². The van der Waals surface area contributed by atoms with Crippen LogP contribution in [-0.2, 0) is 12.8 Å². The maximum Gasteiger partial charge on any atom is 0.137 e. The highest BCUT2D eigenvalue weighted by Gasteiger charge is 2.30. The van der Waals surface area contributed by atoms with E-state index in [2.05, 4.69) is 24.3 Å². The Morgan fingerprint density at radius 1 is 1.26 bits per heavy atom. The Labute approximate surface area is 164 Å². The second-order valence-corrected chi connectivity index (χ2v) is 8.35. The highest BCUT2D eigenvalue weighted by atomic mass is 32.2. The van der Waals surface area contributed by atoms with Gasteiger partial charge in [-0.15, -0.1) is 0 Å². The topological polar surface area (TPSA) is 48.6 Å². The molecule has 138 valence electrons. The van der Waals surface area contributed by atoms with Gasteiger partial charge in [-0.1, -0.05) is 30.0 Å². The summed E-state index contributed by atoms with van der Waals surface area (Å²) in [5.41, 5.74) is 5.87. The molecule has 0 radical (unpaired) electrons. The quantitative estimate of drug-likeness (QED) is 0.762. The molecule has 1 heterocycles. The van der Waals surface area contributed by atoms with E-state index in [1.165, 1.54) is 29.5 Å². The second kappa shape index (κ2) is 7.28. The van der Waals surface area contributed by atoms with Gasteiger partial charge in [0, 0.05) is 12.6 Å². The summed E-state index contributed by atoms with van der Waals surface area (Å²) in [7, 11) is 2.03. The molecule has 2 aromatic carbocycles. The number of hydrogen-bond acceptors (Lipinski definition) is 5. The summed E-state index contributed by atoms with van der Waals surface area (Å²) < 4.78 is 5.74. The van der Waals surface area contributed by atoms with E-state index in [1.54, 1.807) is 11.8 Å². The van der Waals surface area contributed by atoms with Crippen molar-refractivity contribution in [1.29, 1.82) is 5.26 Å². The third kappa shape index (κ3) is 3.42. The van der Waals surface area contributed by atoms with Crippen LogP contribution >= 0.6 is 11.8 Å². The predicted octanol–water partition coefficient (Wildman–Crippen LogP) is 4.87. The van der Waals surface area contributed by atoms with E-state index in [4.69, 9.17) is 9.84 Å². The van der Waals surface area contributed by atoms with Crippen LogP contribution < -0.4 is 4.74 Å². The van der Waals surface area contributed by atoms with Crippen LogP contribution in [0.3, 0.4) is 0 Å². The van der Waals surface area contributed by atoms with Crippen molar-refractivity contribution in [2.45, 2.75) is 44.6 Å². The number of aryl methyl sites for hydroxylation is 1. The Morgan fingerprint density at radius 2 is 2.11 bits per heavy atom. The van der Waals surface area contributed by atoms with E-state index < -0.39 is 0 Å². The van der Waals surface area contributed by atoms with Gasteiger partial charge in [0.25, 0.3) is 0 Å². The molecule has 0 amide bonds. The number of nitrogens with zero attached hydrogens (tertiary/aromatic N) is 3. The number of fused-ring (bicyclic) bond motifs is 1. The smallest absolute Gasteiger partial charge is 0.137 e. The fourth-order valence-corrected chi connectivity index (χ4v) is 4.98. The minimum atomic E-state index is 0.0387. The van der Waals surface area contributed by atoms with Gasteiger partial charge in [-0.05, 0) is 68.0 Å². The largest absolute Gasteiger partial charge is 0.490 e. The van der Waals surface area contributed by atoms with Gasteiger partial charge in [0.15, 0.2) is 0 Å². The zero-order chi connectivity index (χ0) is 19.0. The first-order chi connectivity index (χ1) is 13.1. The summed E-state index contributed by atoms with van der Waals surface area (Å²) in [5, 5.41) is 17.4. The lowest BCUT2D eigenvalue weighted by atomic mass is 10.0. The van der Waals surface area contributed by atoms with Gasteiger partial charge in [0.05, 0.1) is 11.7 Å². The number of thioether (sulfide) groups is 1. The average molecular weight is 378 g/mol. The van der Waals surface area contributed by atoms with Gasteiger partial charge in [-0.3, -0.25) is 5.01 Å². The van der Waals surface area contributed by atoms with Gasteiger partial charge in [0.2, 0.25) is 0 Å². The maximum atomic E-state index is 9.50. The van der Waals surface area contributed by atoms with Crippen LogP contribution in [0.1, 0.15) is 53.5 Å². The monoisotopic (exact) mass is 377 g/mol. The minimum absolute atomic E-state index is 0.0387. The second-order valence-electron chi connectivity index (χ2n) is 7.28. The van der Waals surface area contributed by atoms with E-state index in [-0.39, 0.29) is 11.5 Å². The van der Waals surface area contributed by atoms with Crippen LogP contribution in [0.5, 0.6) is 5.75 Å². The van der Waals surface area contributed by atoms with E-state index in [9.17, 15) is 5.26 Å². The fraction of sp³-hybridized carbons (Fsp3) is 0.364. The van der Waals surface area contributed by atoms with Crippen molar-refractivity contribution in [1.82, 2.24) is 5.01 Å². The highest BCUT2D eigenvalue weighted by Crippen LogP contribution is 2.43. The molecule has 0 bridgehead atoms. The lowest BCUT2D eigenvalue weighted by Crippen LogP contribution is -2.13. The van der Waals surface area contributed by atoms with Crippen molar-refractivity contribution in [2.75, 3.05) is 7.05 Å². The molecule has 1 atom stereocenters. The summed E-state index contributed by atoms with van der Waals surface area (Å²) in [4.78, 5) is 0. The molecule has 0 saturated carbocycles. The molecule has 1 unspecified atom stereocenters. The van der Waals surface area contributed by atoms with Crippen LogP contribution in [0.2, 0.25) is 0 Å². The molecule has 2 aliphatic rings. The molecule has 5 heteroatoms. The highest BCUT2D eigenvalue weighted by molar-refractivity contribution is 8.14. The molecule has 27 heavy (non-hydrogen) atoms. The van der Waals surface area contributed by atoms with Gasteiger partial charge in [-0.2, -0.15) is 10.4 Å². The summed E-state index contributed by atoms with van der Waals surface area (Å²) in [6, 6.07) is 14.7. The minimum Gasteiger partial charge on any atom is -0.490 e. The lowest BCUT2D eigenvalue weighted by molar-refractivity contribution is 0.241. The van der Waals surface area contributed by atoms with Crippen molar-refractivity contribution in [2.24, 2.45) is 5.10 Å². The van der Waals surface area contributed by atoms with Crippen LogP contribution in [0.25, 0.3) is 0 Å². The third-order valence-corrected chi connectivity index (χ3v) is 6.29. The SMILES string of the molecule is CC(C)Oc1ccc(C2=NN(C)C(c3cccc4c3CCC4)S2)cc1C#N. The van der Waals surface area contributed by atoms with Crippen LogP contribution in [0.15, 0.2) is 41.5 Å². The van der Waals surface area contributed by atoms with Gasteiger partial charge >= 0.3 is 0 Å². The molecular weight excluding hydrogens is 354 g/mol. The molecule has 2 aromatic rings. The number of rotatable bonds is 4. The molecule has 0 spiro atoms. The standard InChI is InChI=1S/C22H23N3OS/c1-14(2)26-20-11-10-16(12-17(20)13-23)21-24-25(3)22(27-21)19-9-5-7-15-6-4-8-18(15)19/h5,7,9-12,14,22H,4,6,8H2,1-3H3. The fourth-order valence-electron chi connectivity index (χ4n) is 3.78. The van der Waals surface area contributed by atoms with Gasteiger partial charge in [-0.25, -0.2) is 0 Å². The molecule has 1 aliphatic heterocycles. The molecule has 0 N–H and O–H groups in total. The van der Waals surface area contributed by atoms with Crippen molar-refractivity contribution in [3.05, 3.63) is 64.2 Å². The molecular formula is C22H23N3OS. The number of hydrogen-bond donors (Lipinski definition) is 0. The molecule has 0 saturated heterocycles. The number of benzene rings is 2. The van der Waals surface area contributed by atoms with E-state index in [0.717, 1.165) is 17.0 Å². The van der Waals surface area contributed by atoms with Crippen molar-refractivity contribution in [3.8, 4) is 11.8 Å². The molecule has 0 fully saturated rings. The molecule has 4 nitrogen and oxygen atoms in total. The predicted molar refractivity (Wildman–Crippen MR) is 110 cm³/mol. The van der Waals surface area contributed by atoms with Crippen molar-refractivity contribution >= 4 is 16.8 Å². The maximum absolute atomic E-state index is 9.50. The first-order valence-electron chi connectivity index (χ1n) is 9.36. The van der Waals surface area contributed by atoms with Crippen LogP contribution in [0.4, 0.5) is 0 Å². The number of hydrazone groups is 1. The normalized spacial score (nSPS) is 18.4. The summed E-state index contributed by atoms with van der Waals surface area (Å²) in [6.07, 6.45) is 3.62. The third-order valence-electron chi connectivity index (χ3n) is 4.97. The lowest BCUT2D eigenvalue weighted by Gasteiger charge is -2.21. The Balaban J connectivity index is 1.61. The first-order valence-corrected chi connectivity index (χ1v) is 10.2. The first kappa shape index (κ1) is 17.9.